The minimum atomic E-state index is 0. The summed E-state index contributed by atoms with van der Waals surface area (Å²) in [6.07, 6.45) is 14.3. The van der Waals surface area contributed by atoms with Crippen molar-refractivity contribution in [3.05, 3.63) is 0 Å². The third-order valence-electron chi connectivity index (χ3n) is 4.96. The molecule has 0 aromatic heterocycles. The Morgan fingerprint density at radius 1 is 0.524 bits per heavy atom. The molecule has 0 amide bonds. The summed E-state index contributed by atoms with van der Waals surface area (Å²) >= 11 is 0. The van der Waals surface area contributed by atoms with Crippen LogP contribution in [0.25, 0.3) is 0 Å². The molecule has 0 heteroatoms. The van der Waals surface area contributed by atoms with Crippen molar-refractivity contribution in [1.82, 2.24) is 0 Å². The van der Waals surface area contributed by atoms with Crippen LogP contribution in [0.2, 0.25) is 0 Å². The molecule has 0 radical (unpaired) electrons. The topological polar surface area (TPSA) is 0 Å². The van der Waals surface area contributed by atoms with E-state index >= 15 is 0 Å². The van der Waals surface area contributed by atoms with Gasteiger partial charge in [-0.05, 0) is 23.7 Å². The average Bonchev–Trinajstić information content (AvgIpc) is 2.38. The van der Waals surface area contributed by atoms with E-state index < -0.39 is 0 Å². The minimum Gasteiger partial charge on any atom is -0.0776 e. The Kier molecular flexibility index (Phi) is 16.5. The van der Waals surface area contributed by atoms with Crippen LogP contribution in [0.15, 0.2) is 0 Å². The maximum atomic E-state index is 2.46. The van der Waals surface area contributed by atoms with Gasteiger partial charge in [-0.3, -0.25) is 0 Å². The van der Waals surface area contributed by atoms with Crippen molar-refractivity contribution in [1.29, 1.82) is 0 Å². The first-order chi connectivity index (χ1) is 9.45. The Bertz CT molecular complexity index is 194. The molecule has 0 spiro atoms. The quantitative estimate of drug-likeness (QED) is 0.322. The normalized spacial score (nSPS) is 15.6. The summed E-state index contributed by atoms with van der Waals surface area (Å²) < 4.78 is 0. The zero-order chi connectivity index (χ0) is 15.4. The van der Waals surface area contributed by atoms with Gasteiger partial charge in [0, 0.05) is 0 Å². The van der Waals surface area contributed by atoms with E-state index in [0.717, 1.165) is 23.7 Å². The maximum absolute atomic E-state index is 2.46. The van der Waals surface area contributed by atoms with Crippen molar-refractivity contribution in [3.8, 4) is 0 Å². The van der Waals surface area contributed by atoms with Crippen LogP contribution in [-0.2, 0) is 0 Å². The van der Waals surface area contributed by atoms with Gasteiger partial charge in [-0.25, -0.2) is 0 Å². The van der Waals surface area contributed by atoms with E-state index in [1.807, 2.05) is 0 Å². The van der Waals surface area contributed by atoms with Crippen molar-refractivity contribution in [2.75, 3.05) is 0 Å². The monoisotopic (exact) mass is 298 g/mol. The molecule has 130 valence electrons. The standard InChI is InChI=1S/C20H42.CH4/c1-7-18(4)12-9-14-20(6)16-10-15-19(5)13-8-11-17(2)3;/h17-20H,7-16H2,1-6H3;1H4. The Hall–Kier alpha value is 0. The predicted octanol–water partition coefficient (Wildman–Crippen LogP) is 8.11. The highest BCUT2D eigenvalue weighted by Crippen LogP contribution is 2.22. The molecule has 0 nitrogen and oxygen atoms in total. The number of hydrogen-bond donors (Lipinski definition) is 0. The van der Waals surface area contributed by atoms with Gasteiger partial charge in [0.25, 0.3) is 0 Å². The second-order valence-electron chi connectivity index (χ2n) is 7.91. The van der Waals surface area contributed by atoms with E-state index in [1.54, 1.807) is 0 Å². The molecule has 0 saturated heterocycles. The number of hydrogen-bond acceptors (Lipinski definition) is 0. The van der Waals surface area contributed by atoms with Gasteiger partial charge < -0.3 is 0 Å². The summed E-state index contributed by atoms with van der Waals surface area (Å²) in [4.78, 5) is 0. The van der Waals surface area contributed by atoms with Gasteiger partial charge in [0.2, 0.25) is 0 Å². The summed E-state index contributed by atoms with van der Waals surface area (Å²) in [5.74, 6) is 3.71. The van der Waals surface area contributed by atoms with Gasteiger partial charge in [-0.2, -0.15) is 0 Å². The molecule has 0 rings (SSSR count). The SMILES string of the molecule is C.CCC(C)CCCC(C)CCCC(C)CCCC(C)C. The highest BCUT2D eigenvalue weighted by atomic mass is 14.1. The van der Waals surface area contributed by atoms with Gasteiger partial charge in [-0.1, -0.05) is 113 Å². The third-order valence-corrected chi connectivity index (χ3v) is 4.96. The summed E-state index contributed by atoms with van der Waals surface area (Å²) in [6, 6.07) is 0. The summed E-state index contributed by atoms with van der Waals surface area (Å²) in [6.45, 7) is 14.3. The third kappa shape index (κ3) is 16.2. The number of rotatable bonds is 13. The Morgan fingerprint density at radius 3 is 1.19 bits per heavy atom. The van der Waals surface area contributed by atoms with E-state index in [2.05, 4.69) is 41.5 Å². The van der Waals surface area contributed by atoms with E-state index in [9.17, 15) is 0 Å². The van der Waals surface area contributed by atoms with Crippen LogP contribution < -0.4 is 0 Å². The molecule has 0 saturated carbocycles. The van der Waals surface area contributed by atoms with Crippen LogP contribution in [-0.4, -0.2) is 0 Å². The molecule has 0 aromatic carbocycles. The average molecular weight is 299 g/mol. The van der Waals surface area contributed by atoms with Crippen molar-refractivity contribution in [2.24, 2.45) is 23.7 Å². The first-order valence-corrected chi connectivity index (χ1v) is 9.45. The van der Waals surface area contributed by atoms with Crippen LogP contribution >= 0.6 is 0 Å². The molecule has 21 heavy (non-hydrogen) atoms. The van der Waals surface area contributed by atoms with Crippen molar-refractivity contribution in [3.63, 3.8) is 0 Å². The first kappa shape index (κ1) is 23.3. The zero-order valence-electron chi connectivity index (χ0n) is 15.4. The predicted molar refractivity (Wildman–Crippen MR) is 101 cm³/mol. The second kappa shape index (κ2) is 14.9. The van der Waals surface area contributed by atoms with E-state index in [1.165, 1.54) is 64.2 Å². The van der Waals surface area contributed by atoms with Crippen molar-refractivity contribution < 1.29 is 0 Å². The van der Waals surface area contributed by atoms with Gasteiger partial charge in [-0.15, -0.1) is 0 Å². The largest absolute Gasteiger partial charge is 0.0776 e. The smallest absolute Gasteiger partial charge is 0.0443 e. The summed E-state index contributed by atoms with van der Waals surface area (Å²) in [5, 5.41) is 0. The Labute approximate surface area is 137 Å². The Morgan fingerprint density at radius 2 is 0.857 bits per heavy atom. The molecule has 0 aliphatic rings. The lowest BCUT2D eigenvalue weighted by molar-refractivity contribution is 0.376. The fourth-order valence-corrected chi connectivity index (χ4v) is 3.00. The molecular formula is C21H46. The molecule has 3 atom stereocenters. The lowest BCUT2D eigenvalue weighted by Crippen LogP contribution is -2.01. The Balaban J connectivity index is 0. The van der Waals surface area contributed by atoms with E-state index in [0.29, 0.717) is 0 Å². The molecule has 0 aliphatic carbocycles. The summed E-state index contributed by atoms with van der Waals surface area (Å²) in [7, 11) is 0. The first-order valence-electron chi connectivity index (χ1n) is 9.45. The molecular weight excluding hydrogens is 252 g/mol. The van der Waals surface area contributed by atoms with Crippen molar-refractivity contribution in [2.45, 2.75) is 113 Å². The molecule has 0 aromatic rings. The van der Waals surface area contributed by atoms with Gasteiger partial charge in [0.1, 0.15) is 0 Å². The highest BCUT2D eigenvalue weighted by molar-refractivity contribution is 4.60. The van der Waals surface area contributed by atoms with E-state index in [4.69, 9.17) is 0 Å². The molecule has 0 fully saturated rings. The molecule has 0 aliphatic heterocycles. The van der Waals surface area contributed by atoms with Crippen LogP contribution in [0.3, 0.4) is 0 Å². The van der Waals surface area contributed by atoms with Gasteiger partial charge >= 0.3 is 0 Å². The van der Waals surface area contributed by atoms with E-state index in [-0.39, 0.29) is 7.43 Å². The molecule has 0 bridgehead atoms. The molecule has 0 N–H and O–H groups in total. The lowest BCUT2D eigenvalue weighted by Gasteiger charge is -2.15. The highest BCUT2D eigenvalue weighted by Gasteiger charge is 2.07. The van der Waals surface area contributed by atoms with Crippen LogP contribution in [0.4, 0.5) is 0 Å². The van der Waals surface area contributed by atoms with Crippen LogP contribution in [0.1, 0.15) is 113 Å². The maximum Gasteiger partial charge on any atom is -0.0443 e. The van der Waals surface area contributed by atoms with Gasteiger partial charge in [0.15, 0.2) is 0 Å². The minimum absolute atomic E-state index is 0. The summed E-state index contributed by atoms with van der Waals surface area (Å²) in [5.41, 5.74) is 0. The molecule has 0 heterocycles. The second-order valence-corrected chi connectivity index (χ2v) is 7.91. The van der Waals surface area contributed by atoms with Crippen molar-refractivity contribution >= 4 is 0 Å². The fourth-order valence-electron chi connectivity index (χ4n) is 3.00. The van der Waals surface area contributed by atoms with Gasteiger partial charge in [0.05, 0.1) is 0 Å². The van der Waals surface area contributed by atoms with Crippen LogP contribution in [0.5, 0.6) is 0 Å². The zero-order valence-corrected chi connectivity index (χ0v) is 15.4. The van der Waals surface area contributed by atoms with Crippen LogP contribution in [0, 0.1) is 23.7 Å². The fraction of sp³-hybridized carbons (Fsp3) is 1.00. The molecule has 3 unspecified atom stereocenters. The lowest BCUT2D eigenvalue weighted by atomic mass is 9.91.